The van der Waals surface area contributed by atoms with E-state index in [9.17, 15) is 0 Å². The third kappa shape index (κ3) is 1.54. The molecule has 3 N–H and O–H groups in total. The first-order valence-corrected chi connectivity index (χ1v) is 4.19. The number of hydrogen-bond donors (Lipinski definition) is 2. The topological polar surface area (TPSA) is 54.7 Å². The second-order valence-corrected chi connectivity index (χ2v) is 2.92. The van der Waals surface area contributed by atoms with Crippen molar-refractivity contribution in [2.24, 2.45) is 5.73 Å². The number of nitrogens with two attached hydrogens (primary N) is 1. The number of nitrogens with zero attached hydrogens (tertiary/aromatic N) is 1. The van der Waals surface area contributed by atoms with Gasteiger partial charge in [0.25, 0.3) is 0 Å². The Labute approximate surface area is 76.3 Å². The fourth-order valence-corrected chi connectivity index (χ4v) is 1.32. The Morgan fingerprint density at radius 3 is 3.23 bits per heavy atom. The fraction of sp³-hybridized carbons (Fsp3) is 0.100. The average Bonchev–Trinajstić information content (AvgIpc) is 2.61. The van der Waals surface area contributed by atoms with Gasteiger partial charge in [0.05, 0.1) is 11.7 Å². The van der Waals surface area contributed by atoms with E-state index >= 15 is 0 Å². The molecule has 1 heterocycles. The Morgan fingerprint density at radius 2 is 2.38 bits per heavy atom. The van der Waals surface area contributed by atoms with Gasteiger partial charge in [0.1, 0.15) is 0 Å². The second-order valence-electron chi connectivity index (χ2n) is 2.92. The van der Waals surface area contributed by atoms with Crippen LogP contribution in [0.2, 0.25) is 0 Å². The maximum atomic E-state index is 5.27. The summed E-state index contributed by atoms with van der Waals surface area (Å²) >= 11 is 0. The zero-order valence-electron chi connectivity index (χ0n) is 7.20. The first-order chi connectivity index (χ1) is 6.40. The van der Waals surface area contributed by atoms with Crippen molar-refractivity contribution in [1.29, 1.82) is 0 Å². The molecule has 0 saturated heterocycles. The molecule has 13 heavy (non-hydrogen) atoms. The van der Waals surface area contributed by atoms with Gasteiger partial charge < -0.3 is 5.73 Å². The van der Waals surface area contributed by atoms with Crippen molar-refractivity contribution in [3.05, 3.63) is 42.2 Å². The molecule has 0 fully saturated rings. The van der Waals surface area contributed by atoms with Crippen molar-refractivity contribution in [1.82, 2.24) is 10.2 Å². The Morgan fingerprint density at radius 1 is 1.46 bits per heavy atom. The molecule has 0 atom stereocenters. The molecule has 0 aliphatic rings. The van der Waals surface area contributed by atoms with Crippen LogP contribution in [0, 0.1) is 0 Å². The quantitative estimate of drug-likeness (QED) is 0.724. The highest BCUT2D eigenvalue weighted by molar-refractivity contribution is 5.78. The van der Waals surface area contributed by atoms with E-state index in [1.54, 1.807) is 6.20 Å². The van der Waals surface area contributed by atoms with E-state index < -0.39 is 0 Å². The van der Waals surface area contributed by atoms with Crippen molar-refractivity contribution in [3.63, 3.8) is 0 Å². The first kappa shape index (κ1) is 7.86. The minimum atomic E-state index is 0.867. The predicted molar refractivity (Wildman–Crippen MR) is 53.1 cm³/mol. The smallest absolute Gasteiger partial charge is 0.0653 e. The van der Waals surface area contributed by atoms with Gasteiger partial charge >= 0.3 is 0 Å². The summed E-state index contributed by atoms with van der Waals surface area (Å²) in [5.41, 5.74) is 7.58. The average molecular weight is 173 g/mol. The van der Waals surface area contributed by atoms with Crippen LogP contribution in [-0.2, 0) is 6.42 Å². The SMILES string of the molecule is NC=CCc1ccc2cn[nH]c2c1. The van der Waals surface area contributed by atoms with Crippen LogP contribution >= 0.6 is 0 Å². The number of hydrogen-bond acceptors (Lipinski definition) is 2. The van der Waals surface area contributed by atoms with Crippen LogP contribution in [-0.4, -0.2) is 10.2 Å². The van der Waals surface area contributed by atoms with E-state index in [1.807, 2.05) is 12.3 Å². The molecule has 0 spiro atoms. The maximum Gasteiger partial charge on any atom is 0.0653 e. The lowest BCUT2D eigenvalue weighted by atomic mass is 10.1. The molecule has 1 aromatic carbocycles. The molecule has 1 aromatic heterocycles. The summed E-state index contributed by atoms with van der Waals surface area (Å²) in [7, 11) is 0. The summed E-state index contributed by atoms with van der Waals surface area (Å²) in [5, 5.41) is 8.03. The number of rotatable bonds is 2. The van der Waals surface area contributed by atoms with Gasteiger partial charge in [-0.1, -0.05) is 18.2 Å². The molecule has 3 heteroatoms. The molecule has 0 radical (unpaired) electrons. The van der Waals surface area contributed by atoms with E-state index in [1.165, 1.54) is 5.56 Å². The van der Waals surface area contributed by atoms with E-state index in [4.69, 9.17) is 5.73 Å². The third-order valence-corrected chi connectivity index (χ3v) is 2.00. The summed E-state index contributed by atoms with van der Waals surface area (Å²) in [6.07, 6.45) is 6.18. The van der Waals surface area contributed by atoms with Crippen molar-refractivity contribution in [3.8, 4) is 0 Å². The molecule has 0 aliphatic heterocycles. The van der Waals surface area contributed by atoms with Crippen molar-refractivity contribution in [2.45, 2.75) is 6.42 Å². The van der Waals surface area contributed by atoms with Gasteiger partial charge in [-0.15, -0.1) is 0 Å². The largest absolute Gasteiger partial charge is 0.405 e. The molecule has 0 amide bonds. The monoisotopic (exact) mass is 173 g/mol. The maximum absolute atomic E-state index is 5.27. The standard InChI is InChI=1S/C10H11N3/c11-5-1-2-8-3-4-9-7-12-13-10(9)6-8/h1,3-7H,2,11H2,(H,12,13). The second kappa shape index (κ2) is 3.31. The number of H-pyrrole nitrogens is 1. The number of aromatic nitrogens is 2. The van der Waals surface area contributed by atoms with Gasteiger partial charge in [0.2, 0.25) is 0 Å². The minimum absolute atomic E-state index is 0.867. The lowest BCUT2D eigenvalue weighted by Gasteiger charge is -1.95. The van der Waals surface area contributed by atoms with Crippen LogP contribution in [0.15, 0.2) is 36.7 Å². The van der Waals surface area contributed by atoms with E-state index in [2.05, 4.69) is 28.4 Å². The Hall–Kier alpha value is -1.77. The number of nitrogens with one attached hydrogen (secondary N) is 1. The number of fused-ring (bicyclic) bond motifs is 1. The summed E-state index contributed by atoms with van der Waals surface area (Å²) in [4.78, 5) is 0. The molecule has 2 rings (SSSR count). The zero-order valence-corrected chi connectivity index (χ0v) is 7.20. The van der Waals surface area contributed by atoms with Crippen LogP contribution in [0.25, 0.3) is 10.9 Å². The highest BCUT2D eigenvalue weighted by atomic mass is 15.1. The van der Waals surface area contributed by atoms with Crippen LogP contribution < -0.4 is 5.73 Å². The van der Waals surface area contributed by atoms with E-state index in [0.29, 0.717) is 0 Å². The molecular weight excluding hydrogens is 162 g/mol. The van der Waals surface area contributed by atoms with Crippen molar-refractivity contribution in [2.75, 3.05) is 0 Å². The first-order valence-electron chi connectivity index (χ1n) is 4.19. The summed E-state index contributed by atoms with van der Waals surface area (Å²) in [5.74, 6) is 0. The molecule has 2 aromatic rings. The number of aromatic amines is 1. The van der Waals surface area contributed by atoms with Gasteiger partial charge in [-0.2, -0.15) is 5.10 Å². The molecule has 0 bridgehead atoms. The van der Waals surface area contributed by atoms with Gasteiger partial charge in [0.15, 0.2) is 0 Å². The molecular formula is C10H11N3. The highest BCUT2D eigenvalue weighted by Gasteiger charge is 1.95. The predicted octanol–water partition coefficient (Wildman–Crippen LogP) is 1.58. The van der Waals surface area contributed by atoms with Gasteiger partial charge in [-0.05, 0) is 24.3 Å². The summed E-state index contributed by atoms with van der Waals surface area (Å²) < 4.78 is 0. The van der Waals surface area contributed by atoms with Crippen LogP contribution in [0.4, 0.5) is 0 Å². The molecule has 0 unspecified atom stereocenters. The van der Waals surface area contributed by atoms with Gasteiger partial charge in [0, 0.05) is 5.39 Å². The van der Waals surface area contributed by atoms with Crippen molar-refractivity contribution >= 4 is 10.9 Å². The summed E-state index contributed by atoms with van der Waals surface area (Å²) in [6, 6.07) is 6.22. The lowest BCUT2D eigenvalue weighted by molar-refractivity contribution is 1.12. The van der Waals surface area contributed by atoms with Crippen LogP contribution in [0.5, 0.6) is 0 Å². The normalized spacial score (nSPS) is 11.4. The Kier molecular flexibility index (Phi) is 2.00. The Bertz CT molecular complexity index is 428. The lowest BCUT2D eigenvalue weighted by Crippen LogP contribution is -1.83. The molecule has 0 aliphatic carbocycles. The molecule has 66 valence electrons. The fourth-order valence-electron chi connectivity index (χ4n) is 1.32. The molecule has 3 nitrogen and oxygen atoms in total. The van der Waals surface area contributed by atoms with Crippen molar-refractivity contribution < 1.29 is 0 Å². The highest BCUT2D eigenvalue weighted by Crippen LogP contribution is 2.13. The van der Waals surface area contributed by atoms with Gasteiger partial charge in [-0.3, -0.25) is 5.10 Å². The van der Waals surface area contributed by atoms with Gasteiger partial charge in [-0.25, -0.2) is 0 Å². The summed E-state index contributed by atoms with van der Waals surface area (Å²) in [6.45, 7) is 0. The van der Waals surface area contributed by atoms with Crippen LogP contribution in [0.1, 0.15) is 5.56 Å². The van der Waals surface area contributed by atoms with E-state index in [0.717, 1.165) is 17.3 Å². The molecule has 0 saturated carbocycles. The number of allylic oxidation sites excluding steroid dienone is 1. The number of benzene rings is 1. The minimum Gasteiger partial charge on any atom is -0.405 e. The van der Waals surface area contributed by atoms with E-state index in [-0.39, 0.29) is 0 Å². The van der Waals surface area contributed by atoms with Crippen LogP contribution in [0.3, 0.4) is 0 Å². The zero-order chi connectivity index (χ0) is 9.10. The Balaban J connectivity index is 2.36. The third-order valence-electron chi connectivity index (χ3n) is 2.00.